The average Bonchev–Trinajstić information content (AvgIpc) is 3.04. The number of aromatic nitrogens is 1. The minimum absolute atomic E-state index is 0.106. The highest BCUT2D eigenvalue weighted by atomic mass is 32.2. The summed E-state index contributed by atoms with van der Waals surface area (Å²) in [5.74, 6) is -0.560. The lowest BCUT2D eigenvalue weighted by molar-refractivity contribution is 0.0981. The van der Waals surface area contributed by atoms with Gasteiger partial charge in [-0.1, -0.05) is 11.2 Å². The van der Waals surface area contributed by atoms with E-state index in [1.54, 1.807) is 18.2 Å². The third kappa shape index (κ3) is 2.51. The van der Waals surface area contributed by atoms with Crippen molar-refractivity contribution in [2.75, 3.05) is 0 Å². The summed E-state index contributed by atoms with van der Waals surface area (Å²) in [5, 5.41) is 3.59. The smallest absolute Gasteiger partial charge is 0.269 e. The first kappa shape index (κ1) is 14.7. The van der Waals surface area contributed by atoms with Crippen molar-refractivity contribution in [3.8, 4) is 0 Å². The van der Waals surface area contributed by atoms with Crippen LogP contribution in [0, 0.1) is 13.8 Å². The maximum Gasteiger partial charge on any atom is 0.269 e. The van der Waals surface area contributed by atoms with E-state index in [0.29, 0.717) is 13.2 Å². The lowest BCUT2D eigenvalue weighted by Gasteiger charge is -2.07. The van der Waals surface area contributed by atoms with Crippen molar-refractivity contribution in [3.63, 3.8) is 0 Å². The number of hydrogen-bond acceptors (Lipinski definition) is 6. The molecule has 2 heterocycles. The summed E-state index contributed by atoms with van der Waals surface area (Å²) in [7, 11) is -4.03. The molecule has 0 bridgehead atoms. The van der Waals surface area contributed by atoms with Crippen LogP contribution in [0.3, 0.4) is 0 Å². The highest BCUT2D eigenvalue weighted by molar-refractivity contribution is 7.90. The molecule has 1 aliphatic rings. The standard InChI is InChI=1S/C14H14N2O5S/c1-8-13(9(2)21-15-8)22(18,19)16-14(17)10-3-4-11-6-20-7-12(11)5-10/h3-5H,6-7H2,1-2H3,(H,16,17). The zero-order valence-corrected chi connectivity index (χ0v) is 12.9. The summed E-state index contributed by atoms with van der Waals surface area (Å²) < 4.78 is 36.7. The van der Waals surface area contributed by atoms with Gasteiger partial charge in [0.15, 0.2) is 10.7 Å². The molecular formula is C14H14N2O5S. The topological polar surface area (TPSA) is 98.5 Å². The molecule has 0 aliphatic carbocycles. The van der Waals surface area contributed by atoms with Gasteiger partial charge in [-0.3, -0.25) is 4.79 Å². The van der Waals surface area contributed by atoms with Crippen molar-refractivity contribution in [3.05, 3.63) is 46.3 Å². The van der Waals surface area contributed by atoms with Crippen LogP contribution in [0.2, 0.25) is 0 Å². The molecule has 3 rings (SSSR count). The van der Waals surface area contributed by atoms with E-state index in [4.69, 9.17) is 9.26 Å². The fourth-order valence-corrected chi connectivity index (χ4v) is 3.71. The Bertz CT molecular complexity index is 835. The molecule has 0 saturated heterocycles. The van der Waals surface area contributed by atoms with Gasteiger partial charge in [0.25, 0.3) is 15.9 Å². The van der Waals surface area contributed by atoms with Gasteiger partial charge in [-0.05, 0) is 37.1 Å². The fourth-order valence-electron chi connectivity index (χ4n) is 2.40. The van der Waals surface area contributed by atoms with Crippen LogP contribution in [0.4, 0.5) is 0 Å². The van der Waals surface area contributed by atoms with E-state index in [2.05, 4.69) is 5.16 Å². The maximum atomic E-state index is 12.3. The number of sulfonamides is 1. The van der Waals surface area contributed by atoms with E-state index in [1.165, 1.54) is 13.8 Å². The van der Waals surface area contributed by atoms with E-state index in [0.717, 1.165) is 11.1 Å². The largest absolute Gasteiger partial charge is 0.372 e. The molecule has 116 valence electrons. The zero-order chi connectivity index (χ0) is 15.9. The van der Waals surface area contributed by atoms with E-state index in [9.17, 15) is 13.2 Å². The second-order valence-electron chi connectivity index (χ2n) is 5.06. The predicted octanol–water partition coefficient (Wildman–Crippen LogP) is 1.44. The Morgan fingerprint density at radius 1 is 1.23 bits per heavy atom. The van der Waals surface area contributed by atoms with Crippen LogP contribution in [-0.2, 0) is 28.0 Å². The first-order valence-electron chi connectivity index (χ1n) is 6.58. The highest BCUT2D eigenvalue weighted by Crippen LogP contribution is 2.22. The third-order valence-electron chi connectivity index (χ3n) is 3.45. The minimum atomic E-state index is -4.03. The minimum Gasteiger partial charge on any atom is -0.372 e. The molecular weight excluding hydrogens is 308 g/mol. The lowest BCUT2D eigenvalue weighted by atomic mass is 10.1. The lowest BCUT2D eigenvalue weighted by Crippen LogP contribution is -2.31. The first-order valence-corrected chi connectivity index (χ1v) is 8.06. The molecule has 0 atom stereocenters. The average molecular weight is 322 g/mol. The van der Waals surface area contributed by atoms with Crippen LogP contribution in [0.15, 0.2) is 27.6 Å². The zero-order valence-electron chi connectivity index (χ0n) is 12.0. The maximum absolute atomic E-state index is 12.3. The molecule has 1 N–H and O–H groups in total. The molecule has 0 saturated carbocycles. The van der Waals surface area contributed by atoms with Gasteiger partial charge in [-0.15, -0.1) is 0 Å². The Morgan fingerprint density at radius 2 is 1.95 bits per heavy atom. The molecule has 1 aromatic carbocycles. The molecule has 0 fully saturated rings. The van der Waals surface area contributed by atoms with Crippen molar-refractivity contribution in [2.45, 2.75) is 32.0 Å². The van der Waals surface area contributed by atoms with Gasteiger partial charge >= 0.3 is 0 Å². The monoisotopic (exact) mass is 322 g/mol. The van der Waals surface area contributed by atoms with E-state index < -0.39 is 15.9 Å². The first-order chi connectivity index (χ1) is 10.4. The van der Waals surface area contributed by atoms with Gasteiger partial charge in [-0.25, -0.2) is 13.1 Å². The molecule has 7 nitrogen and oxygen atoms in total. The van der Waals surface area contributed by atoms with Crippen molar-refractivity contribution < 1.29 is 22.5 Å². The summed E-state index contributed by atoms with van der Waals surface area (Å²) in [6.45, 7) is 3.91. The van der Waals surface area contributed by atoms with Gasteiger partial charge in [0, 0.05) is 5.56 Å². The van der Waals surface area contributed by atoms with Gasteiger partial charge < -0.3 is 9.26 Å². The van der Waals surface area contributed by atoms with E-state index in [1.807, 2.05) is 4.72 Å². The van der Waals surface area contributed by atoms with Crippen LogP contribution in [-0.4, -0.2) is 19.5 Å². The number of aryl methyl sites for hydroxylation is 2. The number of fused-ring (bicyclic) bond motifs is 1. The second-order valence-corrected chi connectivity index (χ2v) is 6.68. The van der Waals surface area contributed by atoms with Crippen LogP contribution in [0.5, 0.6) is 0 Å². The number of ether oxygens (including phenoxy) is 1. The number of nitrogens with zero attached hydrogens (tertiary/aromatic N) is 1. The van der Waals surface area contributed by atoms with Gasteiger partial charge in [-0.2, -0.15) is 0 Å². The number of benzene rings is 1. The Kier molecular flexibility index (Phi) is 3.50. The molecule has 0 unspecified atom stereocenters. The summed E-state index contributed by atoms with van der Waals surface area (Å²) in [6, 6.07) is 4.98. The Labute approximate surface area is 127 Å². The number of amides is 1. The second kappa shape index (κ2) is 5.22. The molecule has 1 aromatic heterocycles. The van der Waals surface area contributed by atoms with E-state index in [-0.39, 0.29) is 21.9 Å². The summed E-state index contributed by atoms with van der Waals surface area (Å²) >= 11 is 0. The summed E-state index contributed by atoms with van der Waals surface area (Å²) in [4.78, 5) is 12.1. The van der Waals surface area contributed by atoms with Crippen molar-refractivity contribution in [1.82, 2.24) is 9.88 Å². The molecule has 0 radical (unpaired) electrons. The van der Waals surface area contributed by atoms with Crippen LogP contribution in [0.25, 0.3) is 0 Å². The van der Waals surface area contributed by atoms with Crippen molar-refractivity contribution >= 4 is 15.9 Å². The number of carbonyl (C=O) groups excluding carboxylic acids is 1. The quantitative estimate of drug-likeness (QED) is 0.918. The van der Waals surface area contributed by atoms with Crippen LogP contribution >= 0.6 is 0 Å². The molecule has 8 heteroatoms. The van der Waals surface area contributed by atoms with Gasteiger partial charge in [0.1, 0.15) is 5.69 Å². The highest BCUT2D eigenvalue weighted by Gasteiger charge is 2.27. The number of rotatable bonds is 3. The number of carbonyl (C=O) groups is 1. The third-order valence-corrected chi connectivity index (χ3v) is 5.02. The Morgan fingerprint density at radius 3 is 2.64 bits per heavy atom. The molecule has 0 spiro atoms. The molecule has 1 aliphatic heterocycles. The number of hydrogen-bond donors (Lipinski definition) is 1. The fraction of sp³-hybridized carbons (Fsp3) is 0.286. The van der Waals surface area contributed by atoms with Gasteiger partial charge in [0.2, 0.25) is 0 Å². The van der Waals surface area contributed by atoms with Crippen LogP contribution < -0.4 is 4.72 Å². The van der Waals surface area contributed by atoms with E-state index >= 15 is 0 Å². The van der Waals surface area contributed by atoms with Crippen molar-refractivity contribution in [2.24, 2.45) is 0 Å². The summed E-state index contributed by atoms with van der Waals surface area (Å²) in [6.07, 6.45) is 0. The molecule has 1 amide bonds. The normalized spacial score (nSPS) is 13.9. The van der Waals surface area contributed by atoms with Crippen LogP contribution in [0.1, 0.15) is 32.9 Å². The number of nitrogens with one attached hydrogen (secondary N) is 1. The summed E-state index contributed by atoms with van der Waals surface area (Å²) in [5.41, 5.74) is 2.37. The SMILES string of the molecule is Cc1noc(C)c1S(=O)(=O)NC(=O)c1ccc2c(c1)COC2. The van der Waals surface area contributed by atoms with Gasteiger partial charge in [0.05, 0.1) is 13.2 Å². The predicted molar refractivity (Wildman–Crippen MR) is 75.6 cm³/mol. The Hall–Kier alpha value is -2.19. The molecule has 22 heavy (non-hydrogen) atoms. The van der Waals surface area contributed by atoms with Crippen molar-refractivity contribution in [1.29, 1.82) is 0 Å². The molecule has 2 aromatic rings. The Balaban J connectivity index is 1.88.